The molecule has 104 valence electrons. The average Bonchev–Trinajstić information content (AvgIpc) is 2.33. The van der Waals surface area contributed by atoms with Crippen molar-refractivity contribution in [2.24, 2.45) is 5.73 Å². The van der Waals surface area contributed by atoms with Crippen LogP contribution in [0.2, 0.25) is 0 Å². The smallest absolute Gasteiger partial charge is 0.419 e. The summed E-state index contributed by atoms with van der Waals surface area (Å²) in [4.78, 5) is 24.7. The van der Waals surface area contributed by atoms with E-state index in [4.69, 9.17) is 15.2 Å². The summed E-state index contributed by atoms with van der Waals surface area (Å²) in [5, 5.41) is 0. The molecule has 1 fully saturated rings. The normalized spacial score (nSPS) is 23.3. The van der Waals surface area contributed by atoms with Crippen molar-refractivity contribution in [1.82, 2.24) is 4.90 Å². The van der Waals surface area contributed by atoms with E-state index in [2.05, 4.69) is 0 Å². The molecule has 0 unspecified atom stereocenters. The van der Waals surface area contributed by atoms with Gasteiger partial charge in [0.15, 0.2) is 0 Å². The maximum atomic E-state index is 11.8. The summed E-state index contributed by atoms with van der Waals surface area (Å²) < 4.78 is 9.81. The van der Waals surface area contributed by atoms with Gasteiger partial charge in [0.2, 0.25) is 0 Å². The Morgan fingerprint density at radius 3 is 1.89 bits per heavy atom. The first-order valence-electron chi connectivity index (χ1n) is 6.48. The monoisotopic (exact) mass is 258 g/mol. The van der Waals surface area contributed by atoms with Gasteiger partial charge in [-0.25, -0.2) is 14.5 Å². The number of nitrogens with two attached hydrogens (primary N) is 1. The summed E-state index contributed by atoms with van der Waals surface area (Å²) in [6.07, 6.45) is 1.77. The zero-order valence-electron chi connectivity index (χ0n) is 11.1. The molecule has 0 bridgehead atoms. The van der Waals surface area contributed by atoms with Crippen molar-refractivity contribution in [2.75, 3.05) is 13.2 Å². The lowest BCUT2D eigenvalue weighted by Crippen LogP contribution is -2.48. The number of carbonyl (C=O) groups excluding carboxylic acids is 2. The van der Waals surface area contributed by atoms with E-state index >= 15 is 0 Å². The third-order valence-corrected chi connectivity index (χ3v) is 3.04. The second-order valence-electron chi connectivity index (χ2n) is 4.34. The van der Waals surface area contributed by atoms with Crippen LogP contribution in [0.25, 0.3) is 0 Å². The van der Waals surface area contributed by atoms with Crippen molar-refractivity contribution in [3.05, 3.63) is 0 Å². The lowest BCUT2D eigenvalue weighted by atomic mass is 9.91. The summed E-state index contributed by atoms with van der Waals surface area (Å²) in [5.74, 6) is 0. The van der Waals surface area contributed by atoms with Crippen LogP contribution >= 0.6 is 0 Å². The van der Waals surface area contributed by atoms with Gasteiger partial charge in [-0.05, 0) is 39.5 Å². The molecule has 0 aromatic carbocycles. The first kappa shape index (κ1) is 14.8. The van der Waals surface area contributed by atoms with Gasteiger partial charge in [0, 0.05) is 12.1 Å². The molecule has 6 heteroatoms. The Hall–Kier alpha value is -1.30. The molecule has 0 aromatic rings. The van der Waals surface area contributed by atoms with Crippen molar-refractivity contribution < 1.29 is 19.1 Å². The average molecular weight is 258 g/mol. The van der Waals surface area contributed by atoms with Gasteiger partial charge in [0.25, 0.3) is 0 Å². The van der Waals surface area contributed by atoms with Crippen LogP contribution in [-0.2, 0) is 9.47 Å². The molecule has 2 N–H and O–H groups in total. The Kier molecular flexibility index (Phi) is 5.91. The van der Waals surface area contributed by atoms with Gasteiger partial charge < -0.3 is 15.2 Å². The number of ether oxygens (including phenoxy) is 2. The molecule has 1 saturated carbocycles. The number of nitrogens with zero attached hydrogens (tertiary/aromatic N) is 1. The molecule has 0 aliphatic heterocycles. The molecule has 18 heavy (non-hydrogen) atoms. The molecule has 0 spiro atoms. The second kappa shape index (κ2) is 7.20. The highest BCUT2D eigenvalue weighted by Crippen LogP contribution is 2.23. The van der Waals surface area contributed by atoms with E-state index < -0.39 is 12.2 Å². The lowest BCUT2D eigenvalue weighted by molar-refractivity contribution is 0.0591. The summed E-state index contributed by atoms with van der Waals surface area (Å²) in [6, 6.07) is -0.00427. The van der Waals surface area contributed by atoms with Crippen LogP contribution in [-0.4, -0.2) is 42.4 Å². The summed E-state index contributed by atoms with van der Waals surface area (Å²) in [7, 11) is 0. The highest BCUT2D eigenvalue weighted by molar-refractivity contribution is 5.88. The van der Waals surface area contributed by atoms with Crippen LogP contribution in [0.4, 0.5) is 9.59 Å². The molecule has 1 aliphatic rings. The molecule has 0 heterocycles. The number of imide groups is 1. The molecule has 0 saturated heterocycles. The molecule has 1 rings (SSSR count). The molecule has 0 radical (unpaired) electrons. The quantitative estimate of drug-likeness (QED) is 0.835. The van der Waals surface area contributed by atoms with Gasteiger partial charge in [-0.15, -0.1) is 0 Å². The zero-order valence-corrected chi connectivity index (χ0v) is 11.1. The van der Waals surface area contributed by atoms with Crippen LogP contribution in [0, 0.1) is 0 Å². The molecule has 0 aromatic heterocycles. The van der Waals surface area contributed by atoms with E-state index in [0.717, 1.165) is 17.7 Å². The van der Waals surface area contributed by atoms with E-state index in [1.807, 2.05) is 0 Å². The van der Waals surface area contributed by atoms with Crippen LogP contribution in [0.5, 0.6) is 0 Å². The number of hydrogen-bond donors (Lipinski definition) is 1. The fourth-order valence-electron chi connectivity index (χ4n) is 2.12. The van der Waals surface area contributed by atoms with Crippen molar-refractivity contribution in [3.8, 4) is 0 Å². The molecule has 0 atom stereocenters. The third kappa shape index (κ3) is 3.87. The molecule has 1 aliphatic carbocycles. The summed E-state index contributed by atoms with van der Waals surface area (Å²) >= 11 is 0. The van der Waals surface area contributed by atoms with Gasteiger partial charge in [0.1, 0.15) is 0 Å². The van der Waals surface area contributed by atoms with Crippen molar-refractivity contribution >= 4 is 12.2 Å². The highest BCUT2D eigenvalue weighted by Gasteiger charge is 2.34. The third-order valence-electron chi connectivity index (χ3n) is 3.04. The maximum Gasteiger partial charge on any atom is 0.419 e. The largest absolute Gasteiger partial charge is 0.449 e. The minimum atomic E-state index is -0.628. The fraction of sp³-hybridized carbons (Fsp3) is 0.833. The highest BCUT2D eigenvalue weighted by atomic mass is 16.6. The maximum absolute atomic E-state index is 11.8. The number of rotatable bonds is 3. The Balaban J connectivity index is 2.70. The van der Waals surface area contributed by atoms with Gasteiger partial charge in [-0.2, -0.15) is 0 Å². The SMILES string of the molecule is CCOC(=O)N(C(=O)OCC)C1CCC(N)CC1. The molecular formula is C12H22N2O4. The van der Waals surface area contributed by atoms with Gasteiger partial charge in [-0.3, -0.25) is 0 Å². The van der Waals surface area contributed by atoms with E-state index in [-0.39, 0.29) is 25.3 Å². The Morgan fingerprint density at radius 1 is 1.06 bits per heavy atom. The van der Waals surface area contributed by atoms with Crippen LogP contribution in [0.3, 0.4) is 0 Å². The predicted octanol–water partition coefficient (Wildman–Crippen LogP) is 1.87. The first-order valence-corrected chi connectivity index (χ1v) is 6.48. The molecule has 2 amide bonds. The van der Waals surface area contributed by atoms with Crippen LogP contribution in [0.15, 0.2) is 0 Å². The van der Waals surface area contributed by atoms with E-state index in [1.54, 1.807) is 13.8 Å². The van der Waals surface area contributed by atoms with E-state index in [0.29, 0.717) is 12.8 Å². The van der Waals surface area contributed by atoms with Gasteiger partial charge in [0.05, 0.1) is 13.2 Å². The summed E-state index contributed by atoms with van der Waals surface area (Å²) in [6.45, 7) is 3.89. The summed E-state index contributed by atoms with van der Waals surface area (Å²) in [5.41, 5.74) is 5.82. The Bertz CT molecular complexity index is 270. The van der Waals surface area contributed by atoms with Gasteiger partial charge in [-0.1, -0.05) is 0 Å². The fourth-order valence-corrected chi connectivity index (χ4v) is 2.12. The van der Waals surface area contributed by atoms with E-state index in [1.165, 1.54) is 0 Å². The number of hydrogen-bond acceptors (Lipinski definition) is 5. The minimum Gasteiger partial charge on any atom is -0.449 e. The van der Waals surface area contributed by atoms with Gasteiger partial charge >= 0.3 is 12.2 Å². The first-order chi connectivity index (χ1) is 8.60. The van der Waals surface area contributed by atoms with Crippen LogP contribution in [0.1, 0.15) is 39.5 Å². The Labute approximate surface area is 107 Å². The minimum absolute atomic E-state index is 0.160. The molecular weight excluding hydrogens is 236 g/mol. The molecule has 6 nitrogen and oxygen atoms in total. The number of amides is 2. The Morgan fingerprint density at radius 2 is 1.50 bits per heavy atom. The predicted molar refractivity (Wildman–Crippen MR) is 66.1 cm³/mol. The zero-order chi connectivity index (χ0) is 13.5. The standard InChI is InChI=1S/C12H22N2O4/c1-3-17-11(15)14(12(16)18-4-2)10-7-5-9(13)6-8-10/h9-10H,3-8,13H2,1-2H3. The number of carbonyl (C=O) groups is 2. The van der Waals surface area contributed by atoms with Crippen molar-refractivity contribution in [3.63, 3.8) is 0 Å². The topological polar surface area (TPSA) is 81.9 Å². The lowest BCUT2D eigenvalue weighted by Gasteiger charge is -2.33. The van der Waals surface area contributed by atoms with E-state index in [9.17, 15) is 9.59 Å². The van der Waals surface area contributed by atoms with Crippen LogP contribution < -0.4 is 5.73 Å². The van der Waals surface area contributed by atoms with Crippen molar-refractivity contribution in [2.45, 2.75) is 51.6 Å². The van der Waals surface area contributed by atoms with Crippen molar-refractivity contribution in [1.29, 1.82) is 0 Å². The second-order valence-corrected chi connectivity index (χ2v) is 4.34.